The molecule has 6 aliphatic rings. The van der Waals surface area contributed by atoms with Gasteiger partial charge in [-0.2, -0.15) is 4.31 Å². The van der Waals surface area contributed by atoms with Gasteiger partial charge in [-0.15, -0.1) is 0 Å². The highest BCUT2D eigenvalue weighted by Crippen LogP contribution is 2.52. The first-order valence-electron chi connectivity index (χ1n) is 21.9. The average Bonchev–Trinajstić information content (AvgIpc) is 3.97. The number of piperidine rings is 1. The van der Waals surface area contributed by atoms with Crippen molar-refractivity contribution in [1.82, 2.24) is 29.2 Å². The first kappa shape index (κ1) is 43.1. The van der Waals surface area contributed by atoms with Crippen LogP contribution in [0.1, 0.15) is 50.5 Å². The molecule has 5 heterocycles. The number of benzene rings is 2. The molecule has 8 rings (SSSR count). The van der Waals surface area contributed by atoms with Crippen molar-refractivity contribution in [3.63, 3.8) is 0 Å². The van der Waals surface area contributed by atoms with Crippen LogP contribution >= 0.6 is 0 Å². The summed E-state index contributed by atoms with van der Waals surface area (Å²) >= 11 is 0. The number of halogens is 1. The Labute approximate surface area is 355 Å². The van der Waals surface area contributed by atoms with Crippen molar-refractivity contribution in [2.75, 3.05) is 105 Å². The second kappa shape index (κ2) is 17.6. The summed E-state index contributed by atoms with van der Waals surface area (Å²) in [5.74, 6) is 0.195. The second-order valence-corrected chi connectivity index (χ2v) is 20.4. The fourth-order valence-electron chi connectivity index (χ4n) is 11.5. The van der Waals surface area contributed by atoms with Crippen molar-refractivity contribution in [3.05, 3.63) is 72.1 Å². The number of anilines is 1. The Morgan fingerprint density at radius 3 is 2.32 bits per heavy atom. The Bertz CT molecular complexity index is 1980. The van der Waals surface area contributed by atoms with E-state index in [0.29, 0.717) is 45.1 Å². The number of piperazine rings is 1. The maximum absolute atomic E-state index is 15.1. The van der Waals surface area contributed by atoms with Crippen LogP contribution in [-0.2, 0) is 29.7 Å². The number of hydrogen-bond acceptors (Lipinski definition) is 10. The van der Waals surface area contributed by atoms with E-state index in [-0.39, 0.29) is 51.7 Å². The molecule has 0 radical (unpaired) electrons. The summed E-state index contributed by atoms with van der Waals surface area (Å²) < 4.78 is 55.6. The van der Waals surface area contributed by atoms with Gasteiger partial charge in [0.15, 0.2) is 0 Å². The van der Waals surface area contributed by atoms with Crippen LogP contribution in [0.25, 0.3) is 0 Å². The quantitative estimate of drug-likeness (QED) is 0.264. The Morgan fingerprint density at radius 1 is 0.950 bits per heavy atom. The number of fused-ring (bicyclic) bond motifs is 2. The number of likely N-dealkylation sites (tertiary alicyclic amines) is 3. The average molecular weight is 850 g/mol. The van der Waals surface area contributed by atoms with E-state index in [2.05, 4.69) is 26.1 Å². The summed E-state index contributed by atoms with van der Waals surface area (Å²) in [5, 5.41) is 3.19. The van der Waals surface area contributed by atoms with Gasteiger partial charge in [0.25, 0.3) is 0 Å². The van der Waals surface area contributed by atoms with Gasteiger partial charge in [0, 0.05) is 75.1 Å². The van der Waals surface area contributed by atoms with Gasteiger partial charge in [0.05, 0.1) is 25.1 Å². The summed E-state index contributed by atoms with van der Waals surface area (Å²) in [6.45, 7) is 8.34. The number of methoxy groups -OCH3 is 2. The van der Waals surface area contributed by atoms with E-state index < -0.39 is 16.1 Å². The van der Waals surface area contributed by atoms with Crippen LogP contribution in [0, 0.1) is 17.7 Å². The highest BCUT2D eigenvalue weighted by Gasteiger charge is 2.54. The lowest BCUT2D eigenvalue weighted by atomic mass is 9.57. The van der Waals surface area contributed by atoms with Crippen molar-refractivity contribution in [3.8, 4) is 0 Å². The summed E-state index contributed by atoms with van der Waals surface area (Å²) in [5.41, 5.74) is 1.34. The summed E-state index contributed by atoms with van der Waals surface area (Å²) in [6.07, 6.45) is 9.69. The van der Waals surface area contributed by atoms with Crippen LogP contribution in [0.2, 0.25) is 0 Å². The number of likely N-dealkylation sites (N-methyl/N-ethyl adjacent to an activating group) is 1. The topological polar surface area (TPSA) is 118 Å². The second-order valence-electron chi connectivity index (χ2n) is 18.5. The zero-order valence-corrected chi connectivity index (χ0v) is 36.6. The lowest BCUT2D eigenvalue weighted by Crippen LogP contribution is -2.68. The van der Waals surface area contributed by atoms with E-state index in [4.69, 9.17) is 9.47 Å². The molecule has 13 nitrogen and oxygen atoms in total. The fraction of sp³-hybridized carbons (Fsp3) is 0.644. The lowest BCUT2D eigenvalue weighted by Gasteiger charge is -2.55. The number of amides is 2. The van der Waals surface area contributed by atoms with Crippen molar-refractivity contribution >= 4 is 27.7 Å². The molecule has 6 fully saturated rings. The molecule has 1 saturated carbocycles. The van der Waals surface area contributed by atoms with Gasteiger partial charge in [0.1, 0.15) is 11.4 Å². The summed E-state index contributed by atoms with van der Waals surface area (Å²) in [6, 6.07) is 14.1. The molecule has 2 amide bonds. The molecule has 5 aliphatic heterocycles. The summed E-state index contributed by atoms with van der Waals surface area (Å²) in [7, 11) is 3.39. The van der Waals surface area contributed by atoms with Gasteiger partial charge in [-0.05, 0) is 133 Å². The molecule has 15 heteroatoms. The molecule has 2 bridgehead atoms. The van der Waals surface area contributed by atoms with Crippen LogP contribution < -0.4 is 10.2 Å². The third-order valence-electron chi connectivity index (χ3n) is 14.7. The monoisotopic (exact) mass is 849 g/mol. The minimum Gasteiger partial charge on any atom is -0.453 e. The number of alkyl carbamates (subject to hydrolysis) is 1. The summed E-state index contributed by atoms with van der Waals surface area (Å²) in [4.78, 5) is 36.7. The van der Waals surface area contributed by atoms with E-state index in [9.17, 15) is 18.0 Å². The van der Waals surface area contributed by atoms with E-state index in [1.54, 1.807) is 35.7 Å². The van der Waals surface area contributed by atoms with Crippen molar-refractivity contribution < 1.29 is 31.9 Å². The van der Waals surface area contributed by atoms with Gasteiger partial charge >= 0.3 is 6.09 Å². The third kappa shape index (κ3) is 8.46. The molecule has 5 saturated heterocycles. The zero-order valence-electron chi connectivity index (χ0n) is 35.8. The number of nitrogens with zero attached hydrogens (tertiary/aromatic N) is 6. The number of sulfonamides is 1. The number of carbonyl (C=O) groups is 2. The van der Waals surface area contributed by atoms with E-state index >= 15 is 4.39 Å². The SMILES string of the molecule is COC(=O)N[C@H]1CCC[C@@H]1[C@](CN1CCC1)(c1cccc(F)c1)C1CCN(CC2(OC)CN(c3ccc(S(=O)(=O)N4C[C@@H]5C[C@H]4CN5C(=O)C=CCN(C)C)cc3)C2)CC1. The molecule has 1 aliphatic carbocycles. The molecular formula is C45H64FN7O6S. The molecule has 1 N–H and O–H groups in total. The lowest BCUT2D eigenvalue weighted by molar-refractivity contribution is -0.127. The van der Waals surface area contributed by atoms with E-state index in [1.165, 1.54) is 19.6 Å². The Morgan fingerprint density at radius 2 is 1.70 bits per heavy atom. The van der Waals surface area contributed by atoms with Gasteiger partial charge in [-0.25, -0.2) is 17.6 Å². The Balaban J connectivity index is 0.898. The van der Waals surface area contributed by atoms with Crippen LogP contribution in [0.5, 0.6) is 0 Å². The standard InChI is InChI=1S/C45H64FN7O6S/c1-48(2)20-7-13-42(54)52-27-38-26-37(52)28-53(38)60(56,57)39-16-14-36(15-17-39)51-30-44(31-51,59-4)29-50-23-18-33(19-24-50)45(32-49-21-8-22-49,34-9-5-10-35(46)25-34)40-11-6-12-41(40)47-43(55)58-3/h5,7,9-10,13-17,25,33,37-38,40-41H,6,8,11-12,18-24,26-32H2,1-4H3,(H,47,55)/t37-,38-,40-,41-,45-/m0/s1. The minimum atomic E-state index is -3.70. The molecular weight excluding hydrogens is 786 g/mol. The largest absolute Gasteiger partial charge is 0.453 e. The van der Waals surface area contributed by atoms with Crippen LogP contribution in [0.4, 0.5) is 14.9 Å². The molecule has 0 aromatic heterocycles. The number of hydrogen-bond donors (Lipinski definition) is 1. The van der Waals surface area contributed by atoms with Crippen LogP contribution in [-0.4, -0.2) is 168 Å². The van der Waals surface area contributed by atoms with E-state index in [1.807, 2.05) is 48.2 Å². The van der Waals surface area contributed by atoms with Crippen molar-refractivity contribution in [2.45, 2.75) is 79.0 Å². The van der Waals surface area contributed by atoms with Gasteiger partial charge in [0.2, 0.25) is 15.9 Å². The molecule has 0 unspecified atom stereocenters. The molecule has 328 valence electrons. The Kier molecular flexibility index (Phi) is 12.7. The maximum Gasteiger partial charge on any atom is 0.407 e. The first-order valence-corrected chi connectivity index (χ1v) is 23.4. The minimum absolute atomic E-state index is 0.0361. The molecule has 60 heavy (non-hydrogen) atoms. The molecule has 5 atom stereocenters. The Hall–Kier alpha value is -3.60. The number of nitrogens with one attached hydrogen (secondary N) is 1. The van der Waals surface area contributed by atoms with Crippen LogP contribution in [0.3, 0.4) is 0 Å². The fourth-order valence-corrected chi connectivity index (χ4v) is 13.2. The van der Waals surface area contributed by atoms with Crippen molar-refractivity contribution in [2.24, 2.45) is 11.8 Å². The highest BCUT2D eigenvalue weighted by atomic mass is 32.2. The van der Waals surface area contributed by atoms with Crippen LogP contribution in [0.15, 0.2) is 65.6 Å². The van der Waals surface area contributed by atoms with Crippen molar-refractivity contribution in [1.29, 1.82) is 0 Å². The molecule has 2 aromatic rings. The van der Waals surface area contributed by atoms with Gasteiger partial charge in [-0.3, -0.25) is 4.79 Å². The maximum atomic E-state index is 15.1. The van der Waals surface area contributed by atoms with E-state index in [0.717, 1.165) is 82.6 Å². The number of carbonyl (C=O) groups excluding carboxylic acids is 2. The van der Waals surface area contributed by atoms with Gasteiger partial charge < -0.3 is 39.3 Å². The smallest absolute Gasteiger partial charge is 0.407 e. The third-order valence-corrected chi connectivity index (χ3v) is 16.6. The normalized spacial score (nSPS) is 27.3. The predicted molar refractivity (Wildman–Crippen MR) is 229 cm³/mol. The first-order chi connectivity index (χ1) is 28.8. The van der Waals surface area contributed by atoms with Gasteiger partial charge in [-0.1, -0.05) is 24.6 Å². The zero-order chi connectivity index (χ0) is 42.2. The molecule has 2 aromatic carbocycles. The predicted octanol–water partition coefficient (Wildman–Crippen LogP) is 4.00. The number of rotatable bonds is 15. The highest BCUT2D eigenvalue weighted by molar-refractivity contribution is 7.89. The number of ether oxygens (including phenoxy) is 2. The molecule has 0 spiro atoms.